The fraction of sp³-hybridized carbons (Fsp3) is 0.550. The van der Waals surface area contributed by atoms with Crippen molar-refractivity contribution in [1.82, 2.24) is 19.4 Å². The maximum atomic E-state index is 12.9. The fourth-order valence-electron chi connectivity index (χ4n) is 3.87. The number of rotatable bonds is 9. The molecule has 0 aliphatic carbocycles. The van der Waals surface area contributed by atoms with Crippen LogP contribution >= 0.6 is 0 Å². The number of hydrogen-bond acceptors (Lipinski definition) is 5. The molecule has 1 N–H and O–H groups in total. The first-order valence-corrected chi connectivity index (χ1v) is 11.2. The van der Waals surface area contributed by atoms with Crippen molar-refractivity contribution in [2.24, 2.45) is 0 Å². The number of nitrogens with one attached hydrogen (secondary N) is 1. The fourth-order valence-corrected chi connectivity index (χ4v) is 5.34. The van der Waals surface area contributed by atoms with Crippen molar-refractivity contribution in [3.05, 3.63) is 47.8 Å². The van der Waals surface area contributed by atoms with Gasteiger partial charge in [0, 0.05) is 56.7 Å². The van der Waals surface area contributed by atoms with Gasteiger partial charge in [0.2, 0.25) is 10.0 Å². The lowest BCUT2D eigenvalue weighted by Crippen LogP contribution is -2.51. The predicted octanol–water partition coefficient (Wildman–Crippen LogP) is 2.17. The number of aromatic nitrogens is 2. The highest BCUT2D eigenvalue weighted by atomic mass is 32.2. The van der Waals surface area contributed by atoms with E-state index in [0.717, 1.165) is 26.1 Å². The molecule has 1 aromatic heterocycles. The number of sulfonamides is 1. The van der Waals surface area contributed by atoms with Crippen LogP contribution in [0.25, 0.3) is 0 Å². The van der Waals surface area contributed by atoms with Crippen LogP contribution in [0.4, 0.5) is 0 Å². The summed E-state index contributed by atoms with van der Waals surface area (Å²) in [5, 5.41) is 4.42. The molecule has 1 fully saturated rings. The molecule has 1 aliphatic rings. The zero-order chi connectivity index (χ0) is 20.2. The lowest BCUT2D eigenvalue weighted by Gasteiger charge is -2.30. The van der Waals surface area contributed by atoms with Crippen LogP contribution in [0.1, 0.15) is 31.0 Å². The molecule has 1 aliphatic heterocycles. The first-order chi connectivity index (χ1) is 13.4. The van der Waals surface area contributed by atoms with Gasteiger partial charge < -0.3 is 4.74 Å². The first kappa shape index (κ1) is 21.0. The Morgan fingerprint density at radius 1 is 1.29 bits per heavy atom. The Morgan fingerprint density at radius 3 is 2.68 bits per heavy atom. The Labute approximate surface area is 167 Å². The van der Waals surface area contributed by atoms with E-state index in [1.54, 1.807) is 31.4 Å². The number of benzene rings is 1. The summed E-state index contributed by atoms with van der Waals surface area (Å²) in [5.74, 6) is 0. The van der Waals surface area contributed by atoms with E-state index >= 15 is 0 Å². The van der Waals surface area contributed by atoms with Crippen molar-refractivity contribution in [2.45, 2.75) is 50.2 Å². The molecule has 0 saturated carbocycles. The van der Waals surface area contributed by atoms with Gasteiger partial charge in [-0.15, -0.1) is 0 Å². The third kappa shape index (κ3) is 4.63. The maximum absolute atomic E-state index is 12.9. The van der Waals surface area contributed by atoms with Crippen molar-refractivity contribution in [1.29, 1.82) is 0 Å². The van der Waals surface area contributed by atoms with E-state index in [2.05, 4.69) is 28.6 Å². The van der Waals surface area contributed by atoms with Crippen LogP contribution in [0.2, 0.25) is 0 Å². The van der Waals surface area contributed by atoms with Gasteiger partial charge in [-0.25, -0.2) is 13.1 Å². The van der Waals surface area contributed by atoms with Gasteiger partial charge in [0.15, 0.2) is 0 Å². The van der Waals surface area contributed by atoms with Crippen LogP contribution < -0.4 is 4.72 Å². The second-order valence-corrected chi connectivity index (χ2v) is 9.16. The number of nitrogens with zero attached hydrogens (tertiary/aromatic N) is 3. The van der Waals surface area contributed by atoms with E-state index in [4.69, 9.17) is 4.74 Å². The molecule has 0 bridgehead atoms. The summed E-state index contributed by atoms with van der Waals surface area (Å²) in [6.07, 6.45) is 3.31. The quantitative estimate of drug-likeness (QED) is 0.691. The minimum Gasteiger partial charge on any atom is -0.385 e. The zero-order valence-corrected chi connectivity index (χ0v) is 17.7. The largest absolute Gasteiger partial charge is 0.385 e. The molecule has 2 aromatic rings. The molecule has 2 heterocycles. The number of methoxy groups -OCH3 is 1. The van der Waals surface area contributed by atoms with Gasteiger partial charge in [-0.05, 0) is 38.8 Å². The highest BCUT2D eigenvalue weighted by Crippen LogP contribution is 2.29. The lowest BCUT2D eigenvalue weighted by molar-refractivity contribution is 0.161. The Balaban J connectivity index is 1.76. The standard InChI is InChI=1S/C20H30N4O3S/c1-4-24-17(2)18(14-21-24)15-23-12-10-20(16-23,11-13-27-3)22-28(25,26)19-8-6-5-7-9-19/h5-9,14,22H,4,10-13,15-16H2,1-3H3. The summed E-state index contributed by atoms with van der Waals surface area (Å²) in [5.41, 5.74) is 1.83. The summed E-state index contributed by atoms with van der Waals surface area (Å²) in [4.78, 5) is 2.60. The average molecular weight is 407 g/mol. The molecule has 0 spiro atoms. The summed E-state index contributed by atoms with van der Waals surface area (Å²) < 4.78 is 36.1. The molecule has 1 saturated heterocycles. The van der Waals surface area contributed by atoms with E-state index in [9.17, 15) is 8.42 Å². The molecule has 1 unspecified atom stereocenters. The highest BCUT2D eigenvalue weighted by Gasteiger charge is 2.41. The molecule has 1 atom stereocenters. The summed E-state index contributed by atoms with van der Waals surface area (Å²) in [6, 6.07) is 8.55. The molecular formula is C20H30N4O3S. The van der Waals surface area contributed by atoms with Crippen molar-refractivity contribution < 1.29 is 13.2 Å². The van der Waals surface area contributed by atoms with Crippen LogP contribution in [-0.2, 0) is 27.8 Å². The van der Waals surface area contributed by atoms with Gasteiger partial charge in [-0.3, -0.25) is 9.58 Å². The second kappa shape index (κ2) is 8.73. The Hall–Kier alpha value is -1.74. The Morgan fingerprint density at radius 2 is 2.04 bits per heavy atom. The normalized spacial score (nSPS) is 20.7. The average Bonchev–Trinajstić information content (AvgIpc) is 3.24. The summed E-state index contributed by atoms with van der Waals surface area (Å²) >= 11 is 0. The van der Waals surface area contributed by atoms with Gasteiger partial charge in [-0.2, -0.15) is 5.10 Å². The van der Waals surface area contributed by atoms with Crippen LogP contribution in [0.3, 0.4) is 0 Å². The zero-order valence-electron chi connectivity index (χ0n) is 16.9. The molecule has 8 heteroatoms. The molecule has 0 amide bonds. The van der Waals surface area contributed by atoms with Crippen molar-refractivity contribution in [3.8, 4) is 0 Å². The monoisotopic (exact) mass is 406 g/mol. The molecule has 1 aromatic carbocycles. The summed E-state index contributed by atoms with van der Waals surface area (Å²) in [7, 11) is -1.94. The van der Waals surface area contributed by atoms with Crippen molar-refractivity contribution in [3.63, 3.8) is 0 Å². The van der Waals surface area contributed by atoms with Crippen LogP contribution in [0.5, 0.6) is 0 Å². The third-order valence-electron chi connectivity index (χ3n) is 5.52. The Bertz CT molecular complexity index is 882. The molecule has 154 valence electrons. The van der Waals surface area contributed by atoms with Crippen molar-refractivity contribution >= 4 is 10.0 Å². The second-order valence-electron chi connectivity index (χ2n) is 7.47. The van der Waals surface area contributed by atoms with Crippen LogP contribution in [0.15, 0.2) is 41.4 Å². The smallest absolute Gasteiger partial charge is 0.241 e. The number of ether oxygens (including phenoxy) is 1. The van der Waals surface area contributed by atoms with E-state index in [0.29, 0.717) is 24.5 Å². The molecule has 7 nitrogen and oxygen atoms in total. The number of hydrogen-bond donors (Lipinski definition) is 1. The maximum Gasteiger partial charge on any atom is 0.241 e. The molecular weight excluding hydrogens is 376 g/mol. The number of likely N-dealkylation sites (tertiary alicyclic amines) is 1. The van der Waals surface area contributed by atoms with E-state index < -0.39 is 15.6 Å². The van der Waals surface area contributed by atoms with Crippen LogP contribution in [-0.4, -0.2) is 55.4 Å². The van der Waals surface area contributed by atoms with Gasteiger partial charge in [0.05, 0.1) is 11.1 Å². The van der Waals surface area contributed by atoms with Gasteiger partial charge in [0.25, 0.3) is 0 Å². The van der Waals surface area contributed by atoms with Gasteiger partial charge in [0.1, 0.15) is 0 Å². The van der Waals surface area contributed by atoms with E-state index in [1.807, 2.05) is 16.9 Å². The minimum atomic E-state index is -3.59. The Kier molecular flexibility index (Phi) is 6.54. The topological polar surface area (TPSA) is 76.5 Å². The molecule has 28 heavy (non-hydrogen) atoms. The minimum absolute atomic E-state index is 0.297. The molecule has 3 rings (SSSR count). The van der Waals surface area contributed by atoms with Crippen molar-refractivity contribution in [2.75, 3.05) is 26.8 Å². The van der Waals surface area contributed by atoms with Crippen LogP contribution in [0, 0.1) is 6.92 Å². The van der Waals surface area contributed by atoms with Gasteiger partial charge >= 0.3 is 0 Å². The highest BCUT2D eigenvalue weighted by molar-refractivity contribution is 7.89. The predicted molar refractivity (Wildman–Crippen MR) is 109 cm³/mol. The summed E-state index contributed by atoms with van der Waals surface area (Å²) in [6.45, 7) is 7.77. The SMILES string of the molecule is CCn1ncc(CN2CCC(CCOC)(NS(=O)(=O)c3ccccc3)C2)c1C. The molecule has 0 radical (unpaired) electrons. The van der Waals surface area contributed by atoms with Gasteiger partial charge in [-0.1, -0.05) is 18.2 Å². The first-order valence-electron chi connectivity index (χ1n) is 9.71. The van der Waals surface area contributed by atoms with E-state index in [-0.39, 0.29) is 0 Å². The number of aryl methyl sites for hydroxylation is 1. The third-order valence-corrected chi connectivity index (χ3v) is 7.11. The lowest BCUT2D eigenvalue weighted by atomic mass is 9.96. The van der Waals surface area contributed by atoms with E-state index in [1.165, 1.54) is 11.3 Å².